The lowest BCUT2D eigenvalue weighted by molar-refractivity contribution is 0.0525. The highest BCUT2D eigenvalue weighted by Crippen LogP contribution is 2.31. The maximum Gasteiger partial charge on any atom is 0.339 e. The van der Waals surface area contributed by atoms with Crippen LogP contribution in [0, 0.1) is 6.92 Å². The van der Waals surface area contributed by atoms with E-state index < -0.39 is 15.8 Å². The van der Waals surface area contributed by atoms with Gasteiger partial charge in [-0.25, -0.2) is 13.2 Å². The van der Waals surface area contributed by atoms with Crippen LogP contribution in [0.4, 0.5) is 0 Å². The van der Waals surface area contributed by atoms with Crippen molar-refractivity contribution < 1.29 is 17.9 Å². The molecule has 0 radical (unpaired) electrons. The van der Waals surface area contributed by atoms with Gasteiger partial charge in [0.25, 0.3) is 0 Å². The molecule has 0 aliphatic rings. The Morgan fingerprint density at radius 2 is 1.79 bits per heavy atom. The van der Waals surface area contributed by atoms with Crippen LogP contribution in [0.5, 0.6) is 0 Å². The lowest BCUT2D eigenvalue weighted by atomic mass is 10.1. The molecule has 0 spiro atoms. The molecule has 0 fully saturated rings. The van der Waals surface area contributed by atoms with Crippen molar-refractivity contribution in [3.63, 3.8) is 0 Å². The first-order chi connectivity index (χ1) is 13.2. The van der Waals surface area contributed by atoms with Crippen LogP contribution in [0.25, 0.3) is 16.9 Å². The third kappa shape index (κ3) is 3.98. The van der Waals surface area contributed by atoms with Crippen LogP contribution in [0.2, 0.25) is 5.02 Å². The number of rotatable bonds is 5. The van der Waals surface area contributed by atoms with Crippen LogP contribution in [-0.2, 0) is 14.6 Å². The fraction of sp³-hybridized carbons (Fsp3) is 0.190. The van der Waals surface area contributed by atoms with Gasteiger partial charge in [-0.15, -0.1) is 0 Å². The van der Waals surface area contributed by atoms with E-state index in [1.165, 1.54) is 6.26 Å². The van der Waals surface area contributed by atoms with Gasteiger partial charge in [-0.05, 0) is 55.8 Å². The average molecular weight is 418 g/mol. The van der Waals surface area contributed by atoms with Crippen molar-refractivity contribution in [2.75, 3.05) is 12.9 Å². The second kappa shape index (κ2) is 7.81. The molecule has 0 atom stereocenters. The lowest BCUT2D eigenvalue weighted by Gasteiger charge is -2.13. The minimum Gasteiger partial charge on any atom is -0.462 e. The number of nitrogens with zero attached hydrogens (tertiary/aromatic N) is 1. The van der Waals surface area contributed by atoms with Gasteiger partial charge < -0.3 is 9.30 Å². The molecule has 5 nitrogen and oxygen atoms in total. The molecule has 0 amide bonds. The van der Waals surface area contributed by atoms with E-state index in [4.69, 9.17) is 16.3 Å². The number of carbonyl (C=O) groups is 1. The van der Waals surface area contributed by atoms with Crippen molar-refractivity contribution in [2.24, 2.45) is 0 Å². The van der Waals surface area contributed by atoms with Crippen LogP contribution in [0.15, 0.2) is 59.5 Å². The predicted octanol–water partition coefficient (Wildman–Crippen LogP) is 4.69. The van der Waals surface area contributed by atoms with Crippen LogP contribution in [0.3, 0.4) is 0 Å². The van der Waals surface area contributed by atoms with E-state index in [0.717, 1.165) is 11.3 Å². The van der Waals surface area contributed by atoms with Gasteiger partial charge in [-0.2, -0.15) is 0 Å². The number of carbonyl (C=O) groups excluding carboxylic acids is 1. The zero-order valence-corrected chi connectivity index (χ0v) is 17.3. The molecular weight excluding hydrogens is 398 g/mol. The van der Waals surface area contributed by atoms with Gasteiger partial charge in [-0.1, -0.05) is 29.8 Å². The van der Waals surface area contributed by atoms with Crippen LogP contribution in [0.1, 0.15) is 23.0 Å². The molecule has 1 heterocycles. The standard InChI is InChI=1S/C21H20ClNO4S/c1-4-27-21(24)19-13-20(15-8-10-16(22)11-9-15)23(14(19)2)17-6-5-7-18(12-17)28(3,25)26/h5-13H,4H2,1-3H3. The quantitative estimate of drug-likeness (QED) is 0.565. The summed E-state index contributed by atoms with van der Waals surface area (Å²) in [6.45, 7) is 3.82. The molecule has 0 unspecified atom stereocenters. The highest BCUT2D eigenvalue weighted by Gasteiger charge is 2.21. The maximum atomic E-state index is 12.4. The highest BCUT2D eigenvalue weighted by atomic mass is 35.5. The number of benzene rings is 2. The molecule has 28 heavy (non-hydrogen) atoms. The van der Waals surface area contributed by atoms with Gasteiger partial charge in [0.2, 0.25) is 0 Å². The van der Waals surface area contributed by atoms with E-state index in [1.807, 2.05) is 16.7 Å². The third-order valence-electron chi connectivity index (χ3n) is 4.39. The fourth-order valence-electron chi connectivity index (χ4n) is 3.04. The zero-order valence-electron chi connectivity index (χ0n) is 15.8. The predicted molar refractivity (Wildman–Crippen MR) is 110 cm³/mol. The van der Waals surface area contributed by atoms with Crippen molar-refractivity contribution in [1.82, 2.24) is 4.57 Å². The lowest BCUT2D eigenvalue weighted by Crippen LogP contribution is -2.07. The second-order valence-corrected chi connectivity index (χ2v) is 8.81. The fourth-order valence-corrected chi connectivity index (χ4v) is 3.83. The largest absolute Gasteiger partial charge is 0.462 e. The Bertz CT molecular complexity index is 1130. The molecule has 0 N–H and O–H groups in total. The van der Waals surface area contributed by atoms with Crippen molar-refractivity contribution in [3.8, 4) is 16.9 Å². The molecule has 1 aromatic heterocycles. The molecule has 3 rings (SSSR count). The summed E-state index contributed by atoms with van der Waals surface area (Å²) in [5, 5.41) is 0.600. The van der Waals surface area contributed by atoms with Crippen LogP contribution in [-0.4, -0.2) is 31.8 Å². The normalized spacial score (nSPS) is 11.4. The summed E-state index contributed by atoms with van der Waals surface area (Å²) >= 11 is 6.01. The summed E-state index contributed by atoms with van der Waals surface area (Å²) in [7, 11) is -3.37. The molecule has 7 heteroatoms. The molecule has 3 aromatic rings. The minimum atomic E-state index is -3.37. The Hall–Kier alpha value is -2.57. The average Bonchev–Trinajstić information content (AvgIpc) is 2.99. The first-order valence-electron chi connectivity index (χ1n) is 8.68. The molecule has 2 aromatic carbocycles. The van der Waals surface area contributed by atoms with Gasteiger partial charge in [-0.3, -0.25) is 0 Å². The SMILES string of the molecule is CCOC(=O)c1cc(-c2ccc(Cl)cc2)n(-c2cccc(S(C)(=O)=O)c2)c1C. The Labute approximate surface area is 169 Å². The summed E-state index contributed by atoms with van der Waals surface area (Å²) in [5.74, 6) is -0.423. The van der Waals surface area contributed by atoms with Crippen molar-refractivity contribution >= 4 is 27.4 Å². The number of sulfone groups is 1. The van der Waals surface area contributed by atoms with Gasteiger partial charge in [0, 0.05) is 22.7 Å². The van der Waals surface area contributed by atoms with Crippen molar-refractivity contribution in [3.05, 3.63) is 70.9 Å². The third-order valence-corrected chi connectivity index (χ3v) is 5.75. The molecule has 146 valence electrons. The number of hydrogen-bond acceptors (Lipinski definition) is 4. The molecule has 0 saturated carbocycles. The number of hydrogen-bond donors (Lipinski definition) is 0. The summed E-state index contributed by atoms with van der Waals surface area (Å²) in [6, 6.07) is 15.6. The molecule has 0 aliphatic heterocycles. The molecule has 0 bridgehead atoms. The Kier molecular flexibility index (Phi) is 5.63. The number of halogens is 1. The number of ether oxygens (including phenoxy) is 1. The van der Waals surface area contributed by atoms with Gasteiger partial charge in [0.05, 0.1) is 22.8 Å². The van der Waals surface area contributed by atoms with Gasteiger partial charge in [0.1, 0.15) is 0 Å². The van der Waals surface area contributed by atoms with E-state index in [1.54, 1.807) is 56.3 Å². The first kappa shape index (κ1) is 20.2. The van der Waals surface area contributed by atoms with E-state index >= 15 is 0 Å². The second-order valence-electron chi connectivity index (χ2n) is 6.36. The Morgan fingerprint density at radius 1 is 1.11 bits per heavy atom. The summed E-state index contributed by atoms with van der Waals surface area (Å²) in [4.78, 5) is 12.6. The minimum absolute atomic E-state index is 0.206. The number of esters is 1. The summed E-state index contributed by atoms with van der Waals surface area (Å²) < 4.78 is 31.0. The molecule has 0 aliphatic carbocycles. The monoisotopic (exact) mass is 417 g/mol. The Morgan fingerprint density at radius 3 is 2.39 bits per heavy atom. The Balaban J connectivity index is 2.27. The van der Waals surface area contributed by atoms with Crippen LogP contribution < -0.4 is 0 Å². The van der Waals surface area contributed by atoms with E-state index in [0.29, 0.717) is 22.0 Å². The topological polar surface area (TPSA) is 65.4 Å². The van der Waals surface area contributed by atoms with E-state index in [2.05, 4.69) is 0 Å². The zero-order chi connectivity index (χ0) is 20.5. The van der Waals surface area contributed by atoms with Crippen LogP contribution >= 0.6 is 11.6 Å². The molecule has 0 saturated heterocycles. The first-order valence-corrected chi connectivity index (χ1v) is 10.9. The van der Waals surface area contributed by atoms with E-state index in [9.17, 15) is 13.2 Å². The van der Waals surface area contributed by atoms with Crippen molar-refractivity contribution in [1.29, 1.82) is 0 Å². The van der Waals surface area contributed by atoms with Crippen molar-refractivity contribution in [2.45, 2.75) is 18.7 Å². The molecular formula is C21H20ClNO4S. The van der Waals surface area contributed by atoms with Gasteiger partial charge in [0.15, 0.2) is 9.84 Å². The highest BCUT2D eigenvalue weighted by molar-refractivity contribution is 7.90. The summed E-state index contributed by atoms with van der Waals surface area (Å²) in [5.41, 5.74) is 3.31. The van der Waals surface area contributed by atoms with E-state index in [-0.39, 0.29) is 11.5 Å². The summed E-state index contributed by atoms with van der Waals surface area (Å²) in [6.07, 6.45) is 1.17. The maximum absolute atomic E-state index is 12.4. The smallest absolute Gasteiger partial charge is 0.339 e. The van der Waals surface area contributed by atoms with Gasteiger partial charge >= 0.3 is 5.97 Å². The number of aromatic nitrogens is 1.